The van der Waals surface area contributed by atoms with Crippen molar-refractivity contribution in [3.63, 3.8) is 0 Å². The zero-order valence-corrected chi connectivity index (χ0v) is 21.4. The van der Waals surface area contributed by atoms with Gasteiger partial charge in [-0.05, 0) is 61.1 Å². The number of ether oxygens (including phenoxy) is 1. The lowest BCUT2D eigenvalue weighted by Crippen LogP contribution is -2.51. The Labute approximate surface area is 206 Å². The van der Waals surface area contributed by atoms with Crippen LogP contribution in [-0.2, 0) is 16.1 Å². The molecule has 1 saturated carbocycles. The Morgan fingerprint density at radius 3 is 2.39 bits per heavy atom. The van der Waals surface area contributed by atoms with Crippen molar-refractivity contribution in [2.75, 3.05) is 6.61 Å². The quantitative estimate of drug-likeness (QED) is 0.458. The summed E-state index contributed by atoms with van der Waals surface area (Å²) in [6.45, 7) is 6.30. The number of hydrogen-bond donors (Lipinski definition) is 1. The monoisotopic (exact) mass is 514 g/mol. The lowest BCUT2D eigenvalue weighted by Gasteiger charge is -2.31. The predicted octanol–water partition coefficient (Wildman–Crippen LogP) is 5.82. The Morgan fingerprint density at radius 1 is 1.06 bits per heavy atom. The zero-order chi connectivity index (χ0) is 23.8. The molecular weight excluding hydrogens is 480 g/mol. The first-order valence-corrected chi connectivity index (χ1v) is 12.7. The van der Waals surface area contributed by atoms with Gasteiger partial charge in [0.25, 0.3) is 5.91 Å². The molecule has 2 amide bonds. The van der Waals surface area contributed by atoms with Crippen LogP contribution in [-0.4, -0.2) is 35.4 Å². The molecular formula is C27H35BrN2O3. The Balaban J connectivity index is 1.69. The molecule has 1 aliphatic carbocycles. The summed E-state index contributed by atoms with van der Waals surface area (Å²) in [5, 5.41) is 3.16. The van der Waals surface area contributed by atoms with Crippen LogP contribution in [0.15, 0.2) is 53.0 Å². The van der Waals surface area contributed by atoms with E-state index < -0.39 is 6.04 Å². The average molecular weight is 515 g/mol. The van der Waals surface area contributed by atoms with Crippen LogP contribution in [0.2, 0.25) is 0 Å². The van der Waals surface area contributed by atoms with Crippen LogP contribution in [0.5, 0.6) is 5.75 Å². The molecule has 0 unspecified atom stereocenters. The molecule has 0 saturated heterocycles. The van der Waals surface area contributed by atoms with Crippen molar-refractivity contribution in [1.29, 1.82) is 0 Å². The lowest BCUT2D eigenvalue weighted by molar-refractivity contribution is -0.142. The molecule has 0 bridgehead atoms. The van der Waals surface area contributed by atoms with E-state index in [1.807, 2.05) is 48.5 Å². The van der Waals surface area contributed by atoms with Gasteiger partial charge in [0.15, 0.2) is 6.61 Å². The summed E-state index contributed by atoms with van der Waals surface area (Å²) in [5.74, 6) is 0.764. The number of carbonyl (C=O) groups is 2. The fourth-order valence-corrected chi connectivity index (χ4v) is 4.61. The minimum atomic E-state index is -0.592. The van der Waals surface area contributed by atoms with Gasteiger partial charge in [-0.2, -0.15) is 0 Å². The minimum absolute atomic E-state index is 0.105. The van der Waals surface area contributed by atoms with Crippen molar-refractivity contribution in [2.45, 2.75) is 77.4 Å². The van der Waals surface area contributed by atoms with Gasteiger partial charge in [-0.15, -0.1) is 0 Å². The molecule has 33 heavy (non-hydrogen) atoms. The molecule has 3 rings (SSSR count). The van der Waals surface area contributed by atoms with Gasteiger partial charge in [-0.1, -0.05) is 73.3 Å². The molecule has 0 spiro atoms. The van der Waals surface area contributed by atoms with Gasteiger partial charge in [0.1, 0.15) is 11.8 Å². The summed E-state index contributed by atoms with van der Waals surface area (Å²) in [6, 6.07) is 15.2. The summed E-state index contributed by atoms with van der Waals surface area (Å²) < 4.78 is 6.73. The molecule has 0 radical (unpaired) electrons. The van der Waals surface area contributed by atoms with Crippen LogP contribution in [0.4, 0.5) is 0 Å². The molecule has 2 aromatic rings. The highest BCUT2D eigenvalue weighted by atomic mass is 79.9. The Bertz CT molecular complexity index is 923. The summed E-state index contributed by atoms with van der Waals surface area (Å²) in [7, 11) is 0. The van der Waals surface area contributed by atoms with Gasteiger partial charge >= 0.3 is 0 Å². The zero-order valence-electron chi connectivity index (χ0n) is 19.9. The van der Waals surface area contributed by atoms with Crippen molar-refractivity contribution in [1.82, 2.24) is 10.2 Å². The summed E-state index contributed by atoms with van der Waals surface area (Å²) in [6.07, 6.45) is 5.53. The second-order valence-electron chi connectivity index (χ2n) is 9.18. The molecule has 1 atom stereocenters. The summed E-state index contributed by atoms with van der Waals surface area (Å²) >= 11 is 3.49. The van der Waals surface area contributed by atoms with Gasteiger partial charge in [0.2, 0.25) is 5.91 Å². The molecule has 1 aliphatic rings. The third-order valence-electron chi connectivity index (χ3n) is 6.27. The molecule has 178 valence electrons. The van der Waals surface area contributed by atoms with Gasteiger partial charge in [-0.25, -0.2) is 0 Å². The highest BCUT2D eigenvalue weighted by Gasteiger charge is 2.28. The number of halogens is 1. The molecule has 2 aromatic carbocycles. The fourth-order valence-electron chi connectivity index (χ4n) is 4.16. The second kappa shape index (κ2) is 12.2. The van der Waals surface area contributed by atoms with Gasteiger partial charge in [-0.3, -0.25) is 9.59 Å². The highest BCUT2D eigenvalue weighted by Crippen LogP contribution is 2.21. The number of nitrogens with one attached hydrogen (secondary N) is 1. The van der Waals surface area contributed by atoms with Crippen molar-refractivity contribution < 1.29 is 14.3 Å². The molecule has 0 aromatic heterocycles. The van der Waals surface area contributed by atoms with E-state index >= 15 is 0 Å². The molecule has 5 nitrogen and oxygen atoms in total. The van der Waals surface area contributed by atoms with E-state index in [0.717, 1.165) is 35.7 Å². The van der Waals surface area contributed by atoms with E-state index in [4.69, 9.17) is 4.74 Å². The number of nitrogens with zero attached hydrogens (tertiary/aromatic N) is 1. The maximum absolute atomic E-state index is 13.2. The third-order valence-corrected chi connectivity index (χ3v) is 6.76. The largest absolute Gasteiger partial charge is 0.484 e. The van der Waals surface area contributed by atoms with E-state index in [1.165, 1.54) is 12.0 Å². The lowest BCUT2D eigenvalue weighted by atomic mass is 9.95. The highest BCUT2D eigenvalue weighted by molar-refractivity contribution is 9.10. The minimum Gasteiger partial charge on any atom is -0.484 e. The van der Waals surface area contributed by atoms with Crippen molar-refractivity contribution in [2.24, 2.45) is 0 Å². The maximum atomic E-state index is 13.2. The van der Waals surface area contributed by atoms with Gasteiger partial charge in [0, 0.05) is 17.1 Å². The van der Waals surface area contributed by atoms with Gasteiger partial charge in [0.05, 0.1) is 0 Å². The van der Waals surface area contributed by atoms with Crippen molar-refractivity contribution >= 4 is 27.7 Å². The maximum Gasteiger partial charge on any atom is 0.261 e. The van der Waals surface area contributed by atoms with E-state index in [-0.39, 0.29) is 24.5 Å². The Hall–Kier alpha value is -2.34. The topological polar surface area (TPSA) is 58.6 Å². The van der Waals surface area contributed by atoms with E-state index in [1.54, 1.807) is 11.8 Å². The number of hydrogen-bond acceptors (Lipinski definition) is 3. The van der Waals surface area contributed by atoms with Crippen LogP contribution in [0.1, 0.15) is 69.9 Å². The fraction of sp³-hybridized carbons (Fsp3) is 0.481. The first kappa shape index (κ1) is 25.3. The molecule has 1 N–H and O–H groups in total. The predicted molar refractivity (Wildman–Crippen MR) is 135 cm³/mol. The summed E-state index contributed by atoms with van der Waals surface area (Å²) in [5.41, 5.74) is 2.18. The molecule has 0 heterocycles. The Morgan fingerprint density at radius 2 is 1.76 bits per heavy atom. The van der Waals surface area contributed by atoms with Gasteiger partial charge < -0.3 is 15.0 Å². The van der Waals surface area contributed by atoms with Crippen molar-refractivity contribution in [3.05, 3.63) is 64.1 Å². The molecule has 0 aliphatic heterocycles. The van der Waals surface area contributed by atoms with E-state index in [9.17, 15) is 9.59 Å². The number of amides is 2. The van der Waals surface area contributed by atoms with Crippen LogP contribution < -0.4 is 10.1 Å². The normalized spacial score (nSPS) is 15.2. The van der Waals surface area contributed by atoms with E-state index in [2.05, 4.69) is 35.1 Å². The van der Waals surface area contributed by atoms with E-state index in [0.29, 0.717) is 18.2 Å². The van der Waals surface area contributed by atoms with Crippen LogP contribution in [0, 0.1) is 0 Å². The smallest absolute Gasteiger partial charge is 0.261 e. The standard InChI is InChI=1S/C27H35BrN2O3/c1-19(2)22-12-14-25(15-13-22)33-18-26(31)30(17-21-8-7-9-23(28)16-21)20(3)27(32)29-24-10-5-4-6-11-24/h7-9,12-16,19-20,24H,4-6,10-11,17-18H2,1-3H3,(H,29,32)/t20-/m0/s1. The van der Waals surface area contributed by atoms with Crippen LogP contribution in [0.25, 0.3) is 0 Å². The first-order chi connectivity index (χ1) is 15.8. The average Bonchev–Trinajstić information content (AvgIpc) is 2.81. The molecule has 1 fully saturated rings. The molecule has 6 heteroatoms. The SMILES string of the molecule is CC(C)c1ccc(OCC(=O)N(Cc2cccc(Br)c2)[C@@H](C)C(=O)NC2CCCCC2)cc1. The van der Waals surface area contributed by atoms with Crippen LogP contribution in [0.3, 0.4) is 0 Å². The third kappa shape index (κ3) is 7.60. The summed E-state index contributed by atoms with van der Waals surface area (Å²) in [4.78, 5) is 27.9. The number of benzene rings is 2. The number of carbonyl (C=O) groups excluding carboxylic acids is 2. The first-order valence-electron chi connectivity index (χ1n) is 11.9. The number of rotatable bonds is 9. The van der Waals surface area contributed by atoms with Crippen LogP contribution >= 0.6 is 15.9 Å². The second-order valence-corrected chi connectivity index (χ2v) is 10.1. The van der Waals surface area contributed by atoms with Crippen molar-refractivity contribution in [3.8, 4) is 5.75 Å². The Kier molecular flexibility index (Phi) is 9.36.